The summed E-state index contributed by atoms with van der Waals surface area (Å²) < 4.78 is 16.9. The average Bonchev–Trinajstić information content (AvgIpc) is 3.43. The number of unbranched alkanes of at least 4 members (excludes halogenated alkanes) is 38. The summed E-state index contributed by atoms with van der Waals surface area (Å²) in [6.45, 7) is 6.63. The number of hydrogen-bond donors (Lipinski definition) is 0. The summed E-state index contributed by atoms with van der Waals surface area (Å²) in [6, 6.07) is 0. The summed E-state index contributed by atoms with van der Waals surface area (Å²) in [5.74, 6) is -0.890. The molecule has 0 spiro atoms. The Morgan fingerprint density at radius 1 is 0.260 bits per heavy atom. The van der Waals surface area contributed by atoms with Gasteiger partial charge in [0.25, 0.3) is 0 Å². The third kappa shape index (κ3) is 63.6. The van der Waals surface area contributed by atoms with E-state index in [2.05, 4.69) is 93.7 Å². The molecule has 0 aromatic rings. The van der Waals surface area contributed by atoms with Crippen LogP contribution in [0.2, 0.25) is 0 Å². The first-order valence-corrected chi connectivity index (χ1v) is 33.4. The number of allylic oxidation sites excluding steroid dienone is 12. The van der Waals surface area contributed by atoms with Crippen LogP contribution >= 0.6 is 0 Å². The monoisotopic (exact) mass is 1070 g/mol. The third-order valence-corrected chi connectivity index (χ3v) is 14.7. The average molecular weight is 1080 g/mol. The SMILES string of the molecule is CCCCCCC/C=C\C/C=C\C/C=C\CCCCCCCCC(=O)OC(COC(=O)CCCCCCC/C=C\CCCCCCCC)COC(=O)CCCCCCCCCCCCC/C=C\C/C=C\CCCCCCC. The molecule has 1 unspecified atom stereocenters. The molecule has 6 nitrogen and oxygen atoms in total. The molecule has 0 rings (SSSR count). The number of esters is 3. The zero-order chi connectivity index (χ0) is 55.7. The lowest BCUT2D eigenvalue weighted by atomic mass is 10.0. The van der Waals surface area contributed by atoms with Crippen molar-refractivity contribution in [2.24, 2.45) is 0 Å². The van der Waals surface area contributed by atoms with Gasteiger partial charge >= 0.3 is 17.9 Å². The Kier molecular flexibility index (Phi) is 62.7. The van der Waals surface area contributed by atoms with Gasteiger partial charge in [-0.15, -0.1) is 0 Å². The molecule has 0 saturated heterocycles. The first kappa shape index (κ1) is 73.8. The van der Waals surface area contributed by atoms with E-state index >= 15 is 0 Å². The van der Waals surface area contributed by atoms with Crippen molar-refractivity contribution in [1.29, 1.82) is 0 Å². The summed E-state index contributed by atoms with van der Waals surface area (Å²) in [5.41, 5.74) is 0. The molecule has 0 aliphatic carbocycles. The summed E-state index contributed by atoms with van der Waals surface area (Å²) in [7, 11) is 0. The molecule has 0 N–H and O–H groups in total. The summed E-state index contributed by atoms with van der Waals surface area (Å²) in [4.78, 5) is 38.4. The standard InChI is InChI=1S/C71H126O6/c1-4-7-10-13-16-19-22-25-28-30-32-34-35-37-38-40-43-46-49-52-55-58-61-64-70(73)76-67-68(66-75-69(72)63-60-57-54-51-48-45-42-27-24-21-18-15-12-9-6-3)77-71(74)65-62-59-56-53-50-47-44-41-39-36-33-31-29-26-23-20-17-14-11-8-5-2/h22-23,25-27,30-33,39,41-42,68H,4-21,24,28-29,34-38,40,43-67H2,1-3H3/b25-22-,26-23-,32-30-,33-31-,41-39-,42-27-. The Hall–Kier alpha value is -3.15. The maximum atomic E-state index is 12.9. The van der Waals surface area contributed by atoms with Gasteiger partial charge in [0.1, 0.15) is 13.2 Å². The van der Waals surface area contributed by atoms with E-state index in [1.54, 1.807) is 0 Å². The van der Waals surface area contributed by atoms with E-state index in [0.717, 1.165) is 96.3 Å². The zero-order valence-corrected chi connectivity index (χ0v) is 51.2. The van der Waals surface area contributed by atoms with E-state index in [4.69, 9.17) is 14.2 Å². The maximum absolute atomic E-state index is 12.9. The van der Waals surface area contributed by atoms with Gasteiger partial charge in [0.2, 0.25) is 0 Å². The van der Waals surface area contributed by atoms with Crippen molar-refractivity contribution in [2.45, 2.75) is 348 Å². The van der Waals surface area contributed by atoms with Gasteiger partial charge in [-0.05, 0) is 116 Å². The quantitative estimate of drug-likeness (QED) is 0.0261. The molecule has 0 aliphatic heterocycles. The van der Waals surface area contributed by atoms with Gasteiger partial charge in [0, 0.05) is 19.3 Å². The molecule has 0 fully saturated rings. The fraction of sp³-hybridized carbons (Fsp3) is 0.789. The second-order valence-corrected chi connectivity index (χ2v) is 22.4. The van der Waals surface area contributed by atoms with Crippen molar-refractivity contribution in [3.63, 3.8) is 0 Å². The van der Waals surface area contributed by atoms with Gasteiger partial charge in [-0.3, -0.25) is 14.4 Å². The first-order chi connectivity index (χ1) is 38.0. The molecule has 77 heavy (non-hydrogen) atoms. The lowest BCUT2D eigenvalue weighted by molar-refractivity contribution is -0.167. The normalized spacial score (nSPS) is 12.5. The minimum absolute atomic E-state index is 0.0830. The molecule has 0 aromatic carbocycles. The fourth-order valence-electron chi connectivity index (χ4n) is 9.59. The second kappa shape index (κ2) is 65.4. The van der Waals surface area contributed by atoms with Gasteiger partial charge in [0.15, 0.2) is 6.10 Å². The van der Waals surface area contributed by atoms with Crippen molar-refractivity contribution in [2.75, 3.05) is 13.2 Å². The highest BCUT2D eigenvalue weighted by Gasteiger charge is 2.19. The minimum atomic E-state index is -0.788. The van der Waals surface area contributed by atoms with E-state index in [0.29, 0.717) is 19.3 Å². The second-order valence-electron chi connectivity index (χ2n) is 22.4. The summed E-state index contributed by atoms with van der Waals surface area (Å²) in [5, 5.41) is 0. The van der Waals surface area contributed by atoms with Crippen LogP contribution in [0.25, 0.3) is 0 Å². The number of rotatable bonds is 61. The van der Waals surface area contributed by atoms with Crippen molar-refractivity contribution in [3.8, 4) is 0 Å². The molecule has 0 amide bonds. The lowest BCUT2D eigenvalue weighted by Crippen LogP contribution is -2.30. The number of carbonyl (C=O) groups excluding carboxylic acids is 3. The van der Waals surface area contributed by atoms with Gasteiger partial charge < -0.3 is 14.2 Å². The zero-order valence-electron chi connectivity index (χ0n) is 51.2. The van der Waals surface area contributed by atoms with Crippen LogP contribution in [-0.4, -0.2) is 37.2 Å². The number of carbonyl (C=O) groups is 3. The van der Waals surface area contributed by atoms with Crippen LogP contribution in [0.1, 0.15) is 342 Å². The number of hydrogen-bond acceptors (Lipinski definition) is 6. The molecular formula is C71H126O6. The predicted molar refractivity (Wildman–Crippen MR) is 335 cm³/mol. The Morgan fingerprint density at radius 2 is 0.468 bits per heavy atom. The molecule has 0 heterocycles. The van der Waals surface area contributed by atoms with E-state index < -0.39 is 6.10 Å². The Bertz CT molecular complexity index is 1420. The molecule has 0 bridgehead atoms. The van der Waals surface area contributed by atoms with Gasteiger partial charge in [-0.1, -0.05) is 280 Å². The molecule has 0 aliphatic rings. The molecule has 0 aromatic heterocycles. The Labute approximate surface area is 478 Å². The maximum Gasteiger partial charge on any atom is 0.306 e. The van der Waals surface area contributed by atoms with Gasteiger partial charge in [-0.2, -0.15) is 0 Å². The van der Waals surface area contributed by atoms with Crippen LogP contribution in [0, 0.1) is 0 Å². The fourth-order valence-corrected chi connectivity index (χ4v) is 9.59. The highest BCUT2D eigenvalue weighted by Crippen LogP contribution is 2.16. The first-order valence-electron chi connectivity index (χ1n) is 33.4. The minimum Gasteiger partial charge on any atom is -0.462 e. The smallest absolute Gasteiger partial charge is 0.306 e. The van der Waals surface area contributed by atoms with Crippen LogP contribution < -0.4 is 0 Å². The molecule has 0 radical (unpaired) electrons. The van der Waals surface area contributed by atoms with E-state index in [9.17, 15) is 14.4 Å². The summed E-state index contributed by atoms with van der Waals surface area (Å²) in [6.07, 6.45) is 84.8. The van der Waals surface area contributed by atoms with Crippen LogP contribution in [0.4, 0.5) is 0 Å². The topological polar surface area (TPSA) is 78.9 Å². The van der Waals surface area contributed by atoms with E-state index in [-0.39, 0.29) is 31.1 Å². The van der Waals surface area contributed by atoms with Crippen LogP contribution in [0.5, 0.6) is 0 Å². The van der Waals surface area contributed by atoms with Crippen molar-refractivity contribution >= 4 is 17.9 Å². The number of ether oxygens (including phenoxy) is 3. The highest BCUT2D eigenvalue weighted by atomic mass is 16.6. The van der Waals surface area contributed by atoms with Crippen LogP contribution in [0.15, 0.2) is 72.9 Å². The van der Waals surface area contributed by atoms with Crippen LogP contribution in [-0.2, 0) is 28.6 Å². The van der Waals surface area contributed by atoms with Crippen LogP contribution in [0.3, 0.4) is 0 Å². The Balaban J connectivity index is 4.37. The van der Waals surface area contributed by atoms with Gasteiger partial charge in [0.05, 0.1) is 0 Å². The highest BCUT2D eigenvalue weighted by molar-refractivity contribution is 5.71. The van der Waals surface area contributed by atoms with E-state index in [1.165, 1.54) is 205 Å². The van der Waals surface area contributed by atoms with Gasteiger partial charge in [-0.25, -0.2) is 0 Å². The molecule has 1 atom stereocenters. The molecule has 446 valence electrons. The Morgan fingerprint density at radius 3 is 0.740 bits per heavy atom. The third-order valence-electron chi connectivity index (χ3n) is 14.7. The van der Waals surface area contributed by atoms with E-state index in [1.807, 2.05) is 0 Å². The molecular weight excluding hydrogens is 949 g/mol. The summed E-state index contributed by atoms with van der Waals surface area (Å²) >= 11 is 0. The van der Waals surface area contributed by atoms with Crippen molar-refractivity contribution in [3.05, 3.63) is 72.9 Å². The molecule has 6 heteroatoms. The van der Waals surface area contributed by atoms with Crippen molar-refractivity contribution in [1.82, 2.24) is 0 Å². The lowest BCUT2D eigenvalue weighted by Gasteiger charge is -2.18. The largest absolute Gasteiger partial charge is 0.462 e. The van der Waals surface area contributed by atoms with Crippen molar-refractivity contribution < 1.29 is 28.6 Å². The molecule has 0 saturated carbocycles. The predicted octanol–water partition coefficient (Wildman–Crippen LogP) is 22.9.